The van der Waals surface area contributed by atoms with Crippen LogP contribution in [0.1, 0.15) is 10.6 Å². The SMILES string of the molecule is COP(=O)(CC(=O)c1nc2ccccc2n1C)OC. The molecule has 0 radical (unpaired) electrons. The highest BCUT2D eigenvalue weighted by atomic mass is 31.2. The molecule has 7 heteroatoms. The van der Waals surface area contributed by atoms with E-state index in [2.05, 4.69) is 4.98 Å². The Morgan fingerprint density at radius 1 is 1.32 bits per heavy atom. The highest BCUT2D eigenvalue weighted by Gasteiger charge is 2.28. The summed E-state index contributed by atoms with van der Waals surface area (Å²) in [6.45, 7) is 0. The Labute approximate surface area is 110 Å². The van der Waals surface area contributed by atoms with E-state index in [1.165, 1.54) is 14.2 Å². The van der Waals surface area contributed by atoms with Crippen molar-refractivity contribution in [2.24, 2.45) is 7.05 Å². The van der Waals surface area contributed by atoms with Crippen molar-refractivity contribution in [1.82, 2.24) is 9.55 Å². The van der Waals surface area contributed by atoms with Crippen molar-refractivity contribution in [2.45, 2.75) is 0 Å². The zero-order valence-corrected chi connectivity index (χ0v) is 11.9. The van der Waals surface area contributed by atoms with Gasteiger partial charge in [0.2, 0.25) is 5.78 Å². The fourth-order valence-electron chi connectivity index (χ4n) is 1.85. The topological polar surface area (TPSA) is 70.4 Å². The molecule has 2 aromatic rings. The average molecular weight is 282 g/mol. The molecule has 0 saturated carbocycles. The number of benzene rings is 1. The molecule has 1 aromatic carbocycles. The van der Waals surface area contributed by atoms with E-state index < -0.39 is 7.60 Å². The smallest absolute Gasteiger partial charge is 0.325 e. The summed E-state index contributed by atoms with van der Waals surface area (Å²) < 4.78 is 23.2. The van der Waals surface area contributed by atoms with Crippen LogP contribution in [0.3, 0.4) is 0 Å². The summed E-state index contributed by atoms with van der Waals surface area (Å²) in [5, 5.41) is 0. The molecule has 0 fully saturated rings. The number of aryl methyl sites for hydroxylation is 1. The molecule has 0 amide bonds. The predicted molar refractivity (Wildman–Crippen MR) is 71.5 cm³/mol. The monoisotopic (exact) mass is 282 g/mol. The standard InChI is InChI=1S/C12H15N2O4P/c1-14-10-7-5-4-6-9(10)13-12(14)11(15)8-19(16,17-2)18-3/h4-7H,8H2,1-3H3. The van der Waals surface area contributed by atoms with Crippen molar-refractivity contribution in [3.63, 3.8) is 0 Å². The summed E-state index contributed by atoms with van der Waals surface area (Å²) in [6, 6.07) is 7.40. The van der Waals surface area contributed by atoms with Gasteiger partial charge in [0.05, 0.1) is 11.0 Å². The van der Waals surface area contributed by atoms with Crippen molar-refractivity contribution in [1.29, 1.82) is 0 Å². The van der Waals surface area contributed by atoms with Crippen LogP contribution in [0.5, 0.6) is 0 Å². The van der Waals surface area contributed by atoms with Gasteiger partial charge in [-0.1, -0.05) is 12.1 Å². The number of ketones is 1. The highest BCUT2D eigenvalue weighted by Crippen LogP contribution is 2.46. The molecule has 102 valence electrons. The van der Waals surface area contributed by atoms with E-state index in [1.54, 1.807) is 11.6 Å². The van der Waals surface area contributed by atoms with Gasteiger partial charge in [0.1, 0.15) is 6.16 Å². The highest BCUT2D eigenvalue weighted by molar-refractivity contribution is 7.54. The summed E-state index contributed by atoms with van der Waals surface area (Å²) in [5.74, 6) is -0.124. The van der Waals surface area contributed by atoms with E-state index >= 15 is 0 Å². The van der Waals surface area contributed by atoms with Gasteiger partial charge in [-0.15, -0.1) is 0 Å². The van der Waals surface area contributed by atoms with Crippen LogP contribution in [0.25, 0.3) is 11.0 Å². The van der Waals surface area contributed by atoms with Crippen molar-refractivity contribution >= 4 is 24.4 Å². The zero-order chi connectivity index (χ0) is 14.0. The molecule has 0 spiro atoms. The molecule has 0 aliphatic heterocycles. The van der Waals surface area contributed by atoms with Gasteiger partial charge in [-0.05, 0) is 12.1 Å². The second kappa shape index (κ2) is 5.25. The summed E-state index contributed by atoms with van der Waals surface area (Å²) in [6.07, 6.45) is -0.322. The molecular weight excluding hydrogens is 267 g/mol. The van der Waals surface area contributed by atoms with E-state index in [-0.39, 0.29) is 17.8 Å². The van der Waals surface area contributed by atoms with Gasteiger partial charge >= 0.3 is 7.60 Å². The van der Waals surface area contributed by atoms with Gasteiger partial charge in [-0.3, -0.25) is 9.36 Å². The van der Waals surface area contributed by atoms with Crippen LogP contribution in [0.15, 0.2) is 24.3 Å². The maximum atomic E-state index is 12.2. The first-order valence-corrected chi connectivity index (χ1v) is 7.39. The van der Waals surface area contributed by atoms with E-state index in [4.69, 9.17) is 9.05 Å². The van der Waals surface area contributed by atoms with E-state index in [9.17, 15) is 9.36 Å². The molecule has 2 rings (SSSR count). The van der Waals surface area contributed by atoms with Crippen molar-refractivity contribution in [3.8, 4) is 0 Å². The van der Waals surface area contributed by atoms with Gasteiger partial charge in [0.15, 0.2) is 5.82 Å². The van der Waals surface area contributed by atoms with Crippen LogP contribution in [-0.4, -0.2) is 35.7 Å². The van der Waals surface area contributed by atoms with Crippen LogP contribution < -0.4 is 0 Å². The predicted octanol–water partition coefficient (Wildman–Crippen LogP) is 2.24. The number of aromatic nitrogens is 2. The Balaban J connectivity index is 2.37. The second-order valence-corrected chi connectivity index (χ2v) is 6.31. The van der Waals surface area contributed by atoms with Gasteiger partial charge < -0.3 is 13.6 Å². The lowest BCUT2D eigenvalue weighted by molar-refractivity contribution is 0.0996. The van der Waals surface area contributed by atoms with Crippen molar-refractivity contribution in [2.75, 3.05) is 20.4 Å². The molecule has 0 atom stereocenters. The molecule has 6 nitrogen and oxygen atoms in total. The Hall–Kier alpha value is -1.49. The van der Waals surface area contributed by atoms with Crippen LogP contribution in [0.4, 0.5) is 0 Å². The fraction of sp³-hybridized carbons (Fsp3) is 0.333. The minimum Gasteiger partial charge on any atom is -0.325 e. The minimum absolute atomic E-state index is 0.246. The molecule has 0 unspecified atom stereocenters. The van der Waals surface area contributed by atoms with E-state index in [1.807, 2.05) is 24.3 Å². The maximum absolute atomic E-state index is 12.2. The second-order valence-electron chi connectivity index (χ2n) is 4.04. The molecule has 0 aliphatic carbocycles. The van der Waals surface area contributed by atoms with Crippen molar-refractivity contribution in [3.05, 3.63) is 30.1 Å². The van der Waals surface area contributed by atoms with Crippen molar-refractivity contribution < 1.29 is 18.4 Å². The molecule has 0 aliphatic rings. The quantitative estimate of drug-likeness (QED) is 0.621. The number of Topliss-reactive ketones (excluding diaryl/α,β-unsaturated/α-hetero) is 1. The first-order chi connectivity index (χ1) is 9.00. The van der Waals surface area contributed by atoms with Gasteiger partial charge in [0.25, 0.3) is 0 Å². The molecule has 0 bridgehead atoms. The number of carbonyl (C=O) groups excluding carboxylic acids is 1. The summed E-state index contributed by atoms with van der Waals surface area (Å²) >= 11 is 0. The van der Waals surface area contributed by atoms with Crippen LogP contribution >= 0.6 is 7.60 Å². The third-order valence-corrected chi connectivity index (χ3v) is 4.72. The number of fused-ring (bicyclic) bond motifs is 1. The summed E-state index contributed by atoms with van der Waals surface area (Å²) in [5.41, 5.74) is 1.56. The van der Waals surface area contributed by atoms with Crippen LogP contribution in [0.2, 0.25) is 0 Å². The molecule has 0 saturated heterocycles. The number of para-hydroxylation sites is 2. The molecule has 19 heavy (non-hydrogen) atoms. The lowest BCUT2D eigenvalue weighted by Gasteiger charge is -2.12. The lowest BCUT2D eigenvalue weighted by Crippen LogP contribution is -2.13. The van der Waals surface area contributed by atoms with Gasteiger partial charge in [0, 0.05) is 21.3 Å². The number of nitrogens with zero attached hydrogens (tertiary/aromatic N) is 2. The number of carbonyl (C=O) groups is 1. The number of rotatable bonds is 5. The third-order valence-electron chi connectivity index (χ3n) is 2.93. The van der Waals surface area contributed by atoms with Gasteiger partial charge in [-0.2, -0.15) is 0 Å². The Morgan fingerprint density at radius 3 is 2.53 bits per heavy atom. The van der Waals surface area contributed by atoms with Gasteiger partial charge in [-0.25, -0.2) is 4.98 Å². The number of hydrogen-bond donors (Lipinski definition) is 0. The largest absolute Gasteiger partial charge is 0.338 e. The normalized spacial score (nSPS) is 11.9. The van der Waals surface area contributed by atoms with Crippen LogP contribution in [-0.2, 0) is 20.7 Å². The Bertz CT molecular complexity index is 657. The number of imidazole rings is 1. The Morgan fingerprint density at radius 2 is 1.95 bits per heavy atom. The molecule has 1 heterocycles. The van der Waals surface area contributed by atoms with E-state index in [0.717, 1.165) is 11.0 Å². The first-order valence-electron chi connectivity index (χ1n) is 5.66. The van der Waals surface area contributed by atoms with E-state index in [0.29, 0.717) is 0 Å². The maximum Gasteiger partial charge on any atom is 0.338 e. The fourth-order valence-corrected chi connectivity index (χ4v) is 2.75. The summed E-state index contributed by atoms with van der Waals surface area (Å²) in [7, 11) is 0.887. The average Bonchev–Trinajstić information content (AvgIpc) is 2.76. The lowest BCUT2D eigenvalue weighted by atomic mass is 10.3. The Kier molecular flexibility index (Phi) is 3.85. The van der Waals surface area contributed by atoms with Crippen LogP contribution in [0, 0.1) is 0 Å². The molecule has 0 N–H and O–H groups in total. The minimum atomic E-state index is -3.37. The zero-order valence-electron chi connectivity index (χ0n) is 11.0. The molecule has 1 aromatic heterocycles. The molecular formula is C12H15N2O4P. The summed E-state index contributed by atoms with van der Waals surface area (Å²) in [4.78, 5) is 16.4. The third kappa shape index (κ3) is 2.61. The number of hydrogen-bond acceptors (Lipinski definition) is 5. The first kappa shape index (κ1) is 13.9.